The first-order chi connectivity index (χ1) is 24.0. The normalized spacial score (nSPS) is 27.3. The summed E-state index contributed by atoms with van der Waals surface area (Å²) in [6.45, 7) is 1.64. The molecule has 3 aromatic rings. The molecule has 1 aromatic heterocycles. The molecule has 3 heterocycles. The Morgan fingerprint density at radius 2 is 1.71 bits per heavy atom. The molecule has 1 saturated carbocycles. The van der Waals surface area contributed by atoms with Gasteiger partial charge in [-0.15, -0.1) is 0 Å². The number of hydrogen-bond acceptors (Lipinski definition) is 8. The molecule has 0 radical (unpaired) electrons. The van der Waals surface area contributed by atoms with Crippen LogP contribution in [0.25, 0.3) is 0 Å². The van der Waals surface area contributed by atoms with Gasteiger partial charge in [-0.05, 0) is 73.7 Å². The Balaban J connectivity index is 1.33. The summed E-state index contributed by atoms with van der Waals surface area (Å²) in [5.74, 6) is -8.65. The zero-order valence-electron chi connectivity index (χ0n) is 27.0. The van der Waals surface area contributed by atoms with E-state index in [1.54, 1.807) is 19.1 Å². The molecule has 6 atom stereocenters. The zero-order chi connectivity index (χ0) is 36.9. The number of hydrazine groups is 1. The lowest BCUT2D eigenvalue weighted by Crippen LogP contribution is -2.49. The number of fused-ring (bicyclic) bond motifs is 4. The van der Waals surface area contributed by atoms with E-state index in [0.29, 0.717) is 17.2 Å². The largest absolute Gasteiger partial charge is 0.504 e. The van der Waals surface area contributed by atoms with Gasteiger partial charge in [0.1, 0.15) is 11.5 Å². The van der Waals surface area contributed by atoms with Gasteiger partial charge in [0.25, 0.3) is 11.8 Å². The van der Waals surface area contributed by atoms with Crippen molar-refractivity contribution >= 4 is 58.3 Å². The summed E-state index contributed by atoms with van der Waals surface area (Å²) in [7, 11) is 2.56. The number of halogens is 6. The topological polar surface area (TPSA) is 120 Å². The minimum absolute atomic E-state index is 0.0373. The minimum atomic E-state index is -4.83. The van der Waals surface area contributed by atoms with Crippen LogP contribution in [-0.4, -0.2) is 52.9 Å². The second-order valence-electron chi connectivity index (χ2n) is 13.2. The molecule has 16 heteroatoms. The lowest BCUT2D eigenvalue weighted by atomic mass is 9.51. The summed E-state index contributed by atoms with van der Waals surface area (Å²) in [5, 5.41) is 11.5. The highest BCUT2D eigenvalue weighted by Gasteiger charge is 2.68. The van der Waals surface area contributed by atoms with Crippen molar-refractivity contribution in [1.29, 1.82) is 0 Å². The predicted octanol–water partition coefficient (Wildman–Crippen LogP) is 6.54. The smallest absolute Gasteiger partial charge is 0.433 e. The molecular formula is C35H28Cl2F4N4O6. The molecule has 266 valence electrons. The van der Waals surface area contributed by atoms with Crippen LogP contribution in [0.3, 0.4) is 0 Å². The molecular weight excluding hydrogens is 719 g/mol. The van der Waals surface area contributed by atoms with Crippen molar-refractivity contribution in [3.8, 4) is 11.5 Å². The van der Waals surface area contributed by atoms with Crippen LogP contribution < -0.4 is 14.6 Å². The van der Waals surface area contributed by atoms with Gasteiger partial charge in [-0.2, -0.15) is 18.2 Å². The SMILES string of the molecule is COc1cc([C@H]2C3=CC[C@@H]4C(=O)N(N(C)c5nc(C(F)(F)F)ccc5Cl)C(=O)[C@@H]4[C@@H]3C[C@H]3C(=O)N(c4ccc(F)c(Cl)c4)C(=O)[C@@]23C)ccc1O. The van der Waals surface area contributed by atoms with Crippen LogP contribution in [0.4, 0.5) is 29.1 Å². The lowest BCUT2D eigenvalue weighted by molar-refractivity contribution is -0.141. The second-order valence-corrected chi connectivity index (χ2v) is 14.0. The van der Waals surface area contributed by atoms with Gasteiger partial charge in [-0.25, -0.2) is 14.3 Å². The number of rotatable bonds is 5. The number of ether oxygens (including phenoxy) is 1. The first kappa shape index (κ1) is 34.7. The van der Waals surface area contributed by atoms with Gasteiger partial charge < -0.3 is 9.84 Å². The number of alkyl halides is 3. The van der Waals surface area contributed by atoms with E-state index in [9.17, 15) is 41.8 Å². The molecule has 2 aromatic carbocycles. The molecule has 4 aliphatic rings. The highest BCUT2D eigenvalue weighted by Crippen LogP contribution is 2.64. The number of nitrogens with zero attached hydrogens (tertiary/aromatic N) is 4. The number of anilines is 2. The number of benzene rings is 2. The van der Waals surface area contributed by atoms with Crippen LogP contribution in [0.1, 0.15) is 36.9 Å². The van der Waals surface area contributed by atoms with Crippen LogP contribution >= 0.6 is 23.2 Å². The standard InChI is InChI=1S/C35H28Cl2F4N4O6/c1-34-20(31(48)44(33(34)50)16-5-9-23(38)22(37)13-16)14-19-17(28(34)15-4-10-24(46)25(12-15)51-3)6-7-18-27(19)32(49)45(30(18)47)43(2)29-21(36)8-11-26(42-29)35(39,40)41/h4-6,8-13,18-20,27-28,46H,7,14H2,1-3H3/t18-,19+,20-,27-,28-,34+/m0/s1. The Morgan fingerprint density at radius 1 is 0.980 bits per heavy atom. The van der Waals surface area contributed by atoms with E-state index < -0.39 is 82.1 Å². The Kier molecular flexibility index (Phi) is 8.14. The number of amides is 4. The summed E-state index contributed by atoms with van der Waals surface area (Å²) >= 11 is 12.3. The van der Waals surface area contributed by atoms with Crippen LogP contribution in [0.5, 0.6) is 11.5 Å². The van der Waals surface area contributed by atoms with Crippen molar-refractivity contribution in [3.63, 3.8) is 0 Å². The molecule has 7 rings (SSSR count). The van der Waals surface area contributed by atoms with Crippen LogP contribution in [0, 0.1) is 34.9 Å². The molecule has 0 spiro atoms. The zero-order valence-corrected chi connectivity index (χ0v) is 28.6. The Bertz CT molecular complexity index is 2080. The van der Waals surface area contributed by atoms with Gasteiger partial charge in [0.15, 0.2) is 17.3 Å². The third-order valence-corrected chi connectivity index (χ3v) is 11.3. The Labute approximate surface area is 298 Å². The molecule has 2 aliphatic carbocycles. The number of hydrogen-bond donors (Lipinski definition) is 1. The molecule has 2 saturated heterocycles. The highest BCUT2D eigenvalue weighted by molar-refractivity contribution is 6.33. The van der Waals surface area contributed by atoms with Crippen molar-refractivity contribution in [2.75, 3.05) is 24.1 Å². The Morgan fingerprint density at radius 3 is 2.37 bits per heavy atom. The molecule has 51 heavy (non-hydrogen) atoms. The fraction of sp³-hybridized carbons (Fsp3) is 0.343. The van der Waals surface area contributed by atoms with Gasteiger partial charge in [-0.1, -0.05) is 40.9 Å². The number of pyridine rings is 1. The molecule has 2 aliphatic heterocycles. The summed E-state index contributed by atoms with van der Waals surface area (Å²) in [6, 6.07) is 9.64. The van der Waals surface area contributed by atoms with E-state index in [4.69, 9.17) is 27.9 Å². The quantitative estimate of drug-likeness (QED) is 0.178. The van der Waals surface area contributed by atoms with Crippen molar-refractivity contribution in [3.05, 3.63) is 87.3 Å². The van der Waals surface area contributed by atoms with E-state index in [0.717, 1.165) is 27.1 Å². The monoisotopic (exact) mass is 746 g/mol. The first-order valence-electron chi connectivity index (χ1n) is 15.8. The van der Waals surface area contributed by atoms with Crippen molar-refractivity contribution in [2.45, 2.75) is 31.9 Å². The van der Waals surface area contributed by atoms with Gasteiger partial charge in [-0.3, -0.25) is 24.2 Å². The van der Waals surface area contributed by atoms with E-state index in [1.807, 2.05) is 0 Å². The van der Waals surface area contributed by atoms with E-state index >= 15 is 0 Å². The predicted molar refractivity (Wildman–Crippen MR) is 175 cm³/mol. The third kappa shape index (κ3) is 5.08. The van der Waals surface area contributed by atoms with E-state index in [-0.39, 0.29) is 40.1 Å². The summed E-state index contributed by atoms with van der Waals surface area (Å²) in [6.07, 6.45) is -3.05. The number of methoxy groups -OCH3 is 1. The van der Waals surface area contributed by atoms with Gasteiger partial charge in [0.05, 0.1) is 46.0 Å². The summed E-state index contributed by atoms with van der Waals surface area (Å²) in [5.41, 5.74) is -1.60. The van der Waals surface area contributed by atoms with Crippen LogP contribution in [-0.2, 0) is 25.4 Å². The van der Waals surface area contributed by atoms with Gasteiger partial charge in [0.2, 0.25) is 11.8 Å². The molecule has 3 fully saturated rings. The average molecular weight is 748 g/mol. The summed E-state index contributed by atoms with van der Waals surface area (Å²) < 4.78 is 60.2. The molecule has 0 unspecified atom stereocenters. The summed E-state index contributed by atoms with van der Waals surface area (Å²) in [4.78, 5) is 61.7. The van der Waals surface area contributed by atoms with Gasteiger partial charge >= 0.3 is 6.18 Å². The van der Waals surface area contributed by atoms with Gasteiger partial charge in [0, 0.05) is 13.0 Å². The fourth-order valence-corrected chi connectivity index (χ4v) is 8.73. The number of phenolic OH excluding ortho intramolecular Hbond substituents is 1. The maximum absolute atomic E-state index is 14.5. The fourth-order valence-electron chi connectivity index (χ4n) is 8.33. The molecule has 10 nitrogen and oxygen atoms in total. The number of carbonyl (C=O) groups excluding carboxylic acids is 4. The highest BCUT2D eigenvalue weighted by atomic mass is 35.5. The average Bonchev–Trinajstić information content (AvgIpc) is 3.45. The van der Waals surface area contributed by atoms with E-state index in [2.05, 4.69) is 4.98 Å². The second kappa shape index (κ2) is 11.9. The maximum atomic E-state index is 14.5. The van der Waals surface area contributed by atoms with Crippen molar-refractivity contribution < 1.29 is 46.6 Å². The van der Waals surface area contributed by atoms with Crippen molar-refractivity contribution in [2.24, 2.45) is 29.1 Å². The molecule has 0 bridgehead atoms. The maximum Gasteiger partial charge on any atom is 0.433 e. The number of carbonyl (C=O) groups is 4. The first-order valence-corrected chi connectivity index (χ1v) is 16.5. The number of aromatic hydroxyl groups is 1. The minimum Gasteiger partial charge on any atom is -0.504 e. The lowest BCUT2D eigenvalue weighted by Gasteiger charge is -2.49. The van der Waals surface area contributed by atoms with Crippen LogP contribution in [0.2, 0.25) is 10.0 Å². The number of imide groups is 2. The number of phenols is 1. The van der Waals surface area contributed by atoms with E-state index in [1.165, 1.54) is 38.4 Å². The Hall–Kier alpha value is -4.69. The molecule has 4 amide bonds. The number of allylic oxidation sites excluding steroid dienone is 2. The van der Waals surface area contributed by atoms with Crippen LogP contribution in [0.15, 0.2) is 60.2 Å². The van der Waals surface area contributed by atoms with Crippen molar-refractivity contribution in [1.82, 2.24) is 9.99 Å². The third-order valence-electron chi connectivity index (χ3n) is 10.7. The number of aromatic nitrogens is 1. The molecule has 1 N–H and O–H groups in total.